The van der Waals surface area contributed by atoms with Gasteiger partial charge in [-0.1, -0.05) is 26.2 Å². The number of hydrogen-bond donors (Lipinski definition) is 1. The van der Waals surface area contributed by atoms with Crippen molar-refractivity contribution >= 4 is 11.8 Å². The fourth-order valence-corrected chi connectivity index (χ4v) is 3.69. The lowest BCUT2D eigenvalue weighted by atomic mass is 9.96. The molecule has 2 aromatic rings. The molecule has 1 aliphatic carbocycles. The Hall–Kier alpha value is -2.37. The molecule has 0 aromatic carbocycles. The zero-order valence-corrected chi connectivity index (χ0v) is 15.1. The molecule has 6 heteroatoms. The maximum absolute atomic E-state index is 12.8. The summed E-state index contributed by atoms with van der Waals surface area (Å²) in [5, 5.41) is 7.49. The Morgan fingerprint density at radius 2 is 1.96 bits per heavy atom. The van der Waals surface area contributed by atoms with E-state index in [1.165, 1.54) is 19.3 Å². The molecule has 2 amide bonds. The number of hydrogen-bond acceptors (Lipinski definition) is 3. The highest BCUT2D eigenvalue weighted by molar-refractivity contribution is 5.88. The highest BCUT2D eigenvalue weighted by Crippen LogP contribution is 2.30. The van der Waals surface area contributed by atoms with Gasteiger partial charge in [-0.25, -0.2) is 9.48 Å². The van der Waals surface area contributed by atoms with Gasteiger partial charge in [-0.2, -0.15) is 5.10 Å². The monoisotopic (exact) mass is 341 g/mol. The Balaban J connectivity index is 1.70. The van der Waals surface area contributed by atoms with E-state index in [-0.39, 0.29) is 12.1 Å². The Bertz CT molecular complexity index is 678. The molecule has 0 aliphatic heterocycles. The van der Waals surface area contributed by atoms with Gasteiger partial charge in [-0.05, 0) is 37.0 Å². The summed E-state index contributed by atoms with van der Waals surface area (Å²) in [4.78, 5) is 18.6. The summed E-state index contributed by atoms with van der Waals surface area (Å²) in [5.74, 6) is 0.785. The fraction of sp³-hybridized carbons (Fsp3) is 0.526. The molecule has 1 atom stereocenters. The summed E-state index contributed by atoms with van der Waals surface area (Å²) >= 11 is 0. The van der Waals surface area contributed by atoms with E-state index in [0.717, 1.165) is 30.6 Å². The minimum atomic E-state index is -0.110. The first kappa shape index (κ1) is 17.5. The van der Waals surface area contributed by atoms with Crippen LogP contribution in [0.3, 0.4) is 0 Å². The van der Waals surface area contributed by atoms with Crippen molar-refractivity contribution in [1.29, 1.82) is 0 Å². The number of carbonyl (C=O) groups excluding carboxylic acids is 1. The van der Waals surface area contributed by atoms with Gasteiger partial charge in [-0.15, -0.1) is 0 Å². The molecular formula is C19H27N5O. The molecule has 0 saturated heterocycles. The zero-order valence-electron chi connectivity index (χ0n) is 15.1. The van der Waals surface area contributed by atoms with Crippen LogP contribution < -0.4 is 5.32 Å². The van der Waals surface area contributed by atoms with E-state index in [2.05, 4.69) is 22.3 Å². The van der Waals surface area contributed by atoms with E-state index in [0.29, 0.717) is 6.04 Å². The summed E-state index contributed by atoms with van der Waals surface area (Å²) in [5.41, 5.74) is 1.09. The number of nitrogens with zero attached hydrogens (tertiary/aromatic N) is 4. The average molecular weight is 341 g/mol. The van der Waals surface area contributed by atoms with E-state index in [1.54, 1.807) is 23.5 Å². The molecule has 0 bridgehead atoms. The first-order valence-corrected chi connectivity index (χ1v) is 9.18. The number of pyridine rings is 1. The van der Waals surface area contributed by atoms with Crippen LogP contribution in [0.4, 0.5) is 10.6 Å². The van der Waals surface area contributed by atoms with Gasteiger partial charge in [0.25, 0.3) is 0 Å². The Morgan fingerprint density at radius 1 is 1.24 bits per heavy atom. The van der Waals surface area contributed by atoms with E-state index >= 15 is 0 Å². The normalized spacial score (nSPS) is 16.4. The number of rotatable bonds is 5. The Labute approximate surface area is 149 Å². The molecule has 1 N–H and O–H groups in total. The lowest BCUT2D eigenvalue weighted by Gasteiger charge is -2.29. The van der Waals surface area contributed by atoms with Crippen LogP contribution in [0.25, 0.3) is 0 Å². The molecule has 134 valence electrons. The summed E-state index contributed by atoms with van der Waals surface area (Å²) in [6.45, 7) is 2.08. The van der Waals surface area contributed by atoms with Crippen molar-refractivity contribution in [3.05, 3.63) is 42.4 Å². The second-order valence-electron chi connectivity index (χ2n) is 6.70. The molecule has 2 aromatic heterocycles. The van der Waals surface area contributed by atoms with Gasteiger partial charge in [0.05, 0.1) is 18.3 Å². The second-order valence-corrected chi connectivity index (χ2v) is 6.70. The third-order valence-corrected chi connectivity index (χ3v) is 5.09. The second kappa shape index (κ2) is 8.14. The van der Waals surface area contributed by atoms with Gasteiger partial charge in [0.1, 0.15) is 5.82 Å². The molecule has 3 rings (SSSR count). The van der Waals surface area contributed by atoms with Crippen LogP contribution >= 0.6 is 0 Å². The number of urea groups is 1. The molecular weight excluding hydrogens is 314 g/mol. The van der Waals surface area contributed by atoms with Crippen LogP contribution in [-0.4, -0.2) is 32.7 Å². The third kappa shape index (κ3) is 4.00. The van der Waals surface area contributed by atoms with Crippen LogP contribution in [0, 0.1) is 0 Å². The highest BCUT2D eigenvalue weighted by Gasteiger charge is 2.23. The van der Waals surface area contributed by atoms with Crippen molar-refractivity contribution in [2.24, 2.45) is 0 Å². The topological polar surface area (TPSA) is 63.1 Å². The minimum absolute atomic E-state index is 0.0223. The molecule has 25 heavy (non-hydrogen) atoms. The average Bonchev–Trinajstić information content (AvgIpc) is 3.12. The number of anilines is 1. The summed E-state index contributed by atoms with van der Waals surface area (Å²) in [6, 6.07) is 6.11. The molecule has 0 radical (unpaired) electrons. The van der Waals surface area contributed by atoms with Gasteiger partial charge in [-0.3, -0.25) is 10.3 Å². The molecule has 1 saturated carbocycles. The predicted octanol–water partition coefficient (Wildman–Crippen LogP) is 4.40. The quantitative estimate of drug-likeness (QED) is 0.877. The Morgan fingerprint density at radius 3 is 2.64 bits per heavy atom. The summed E-state index contributed by atoms with van der Waals surface area (Å²) in [7, 11) is 1.84. The molecule has 0 spiro atoms. The predicted molar refractivity (Wildman–Crippen MR) is 98.4 cm³/mol. The molecule has 6 nitrogen and oxygen atoms in total. The van der Waals surface area contributed by atoms with Gasteiger partial charge in [0.2, 0.25) is 0 Å². The number of amides is 2. The van der Waals surface area contributed by atoms with Gasteiger partial charge in [0, 0.05) is 25.5 Å². The van der Waals surface area contributed by atoms with E-state index in [1.807, 2.05) is 29.9 Å². The van der Waals surface area contributed by atoms with E-state index in [4.69, 9.17) is 0 Å². The van der Waals surface area contributed by atoms with Crippen molar-refractivity contribution in [1.82, 2.24) is 19.7 Å². The van der Waals surface area contributed by atoms with Crippen LogP contribution in [0.5, 0.6) is 0 Å². The molecule has 1 aliphatic rings. The van der Waals surface area contributed by atoms with Crippen molar-refractivity contribution < 1.29 is 4.79 Å². The standard InChI is InChI=1S/C19H27N5O/c1-3-17(15-9-12-20-13-10-15)23(2)19(25)22-18-11-14-21-24(18)16-7-5-4-6-8-16/h9-14,16-17H,3-8H2,1-2H3,(H,22,25)/t17-/m1/s1. The molecule has 1 fully saturated rings. The number of aromatic nitrogens is 3. The van der Waals surface area contributed by atoms with Crippen molar-refractivity contribution in [2.45, 2.75) is 57.5 Å². The summed E-state index contributed by atoms with van der Waals surface area (Å²) in [6.07, 6.45) is 12.2. The third-order valence-electron chi connectivity index (χ3n) is 5.09. The highest BCUT2D eigenvalue weighted by atomic mass is 16.2. The fourth-order valence-electron chi connectivity index (χ4n) is 3.69. The SMILES string of the molecule is CC[C@H](c1ccncc1)N(C)C(=O)Nc1ccnn1C1CCCCC1. The van der Waals surface area contributed by atoms with Crippen LogP contribution in [-0.2, 0) is 0 Å². The lowest BCUT2D eigenvalue weighted by molar-refractivity contribution is 0.202. The smallest absolute Gasteiger partial charge is 0.321 e. The van der Waals surface area contributed by atoms with Crippen LogP contribution in [0.15, 0.2) is 36.8 Å². The van der Waals surface area contributed by atoms with Crippen molar-refractivity contribution in [2.75, 3.05) is 12.4 Å². The molecule has 2 heterocycles. The largest absolute Gasteiger partial charge is 0.323 e. The van der Waals surface area contributed by atoms with Crippen molar-refractivity contribution in [3.8, 4) is 0 Å². The van der Waals surface area contributed by atoms with Gasteiger partial charge in [0.15, 0.2) is 0 Å². The molecule has 0 unspecified atom stereocenters. The van der Waals surface area contributed by atoms with Crippen LogP contribution in [0.1, 0.15) is 63.1 Å². The van der Waals surface area contributed by atoms with E-state index < -0.39 is 0 Å². The summed E-state index contributed by atoms with van der Waals surface area (Å²) < 4.78 is 1.98. The maximum Gasteiger partial charge on any atom is 0.323 e. The van der Waals surface area contributed by atoms with Crippen molar-refractivity contribution in [3.63, 3.8) is 0 Å². The number of carbonyl (C=O) groups is 1. The Kier molecular flexibility index (Phi) is 5.68. The van der Waals surface area contributed by atoms with Crippen LogP contribution in [0.2, 0.25) is 0 Å². The van der Waals surface area contributed by atoms with E-state index in [9.17, 15) is 4.79 Å². The lowest BCUT2D eigenvalue weighted by Crippen LogP contribution is -2.35. The zero-order chi connectivity index (χ0) is 17.6. The first-order valence-electron chi connectivity index (χ1n) is 9.18. The minimum Gasteiger partial charge on any atom is -0.321 e. The maximum atomic E-state index is 12.8. The van der Waals surface area contributed by atoms with Gasteiger partial charge >= 0.3 is 6.03 Å². The number of nitrogens with one attached hydrogen (secondary N) is 1. The van der Waals surface area contributed by atoms with Gasteiger partial charge < -0.3 is 4.90 Å². The first-order chi connectivity index (χ1) is 12.2.